The van der Waals surface area contributed by atoms with Gasteiger partial charge in [0.15, 0.2) is 5.66 Å². The fourth-order valence-electron chi connectivity index (χ4n) is 9.59. The summed E-state index contributed by atoms with van der Waals surface area (Å²) in [7, 11) is 0. The van der Waals surface area contributed by atoms with E-state index in [9.17, 15) is 24.6 Å². The van der Waals surface area contributed by atoms with Gasteiger partial charge in [0.25, 0.3) is 0 Å². The van der Waals surface area contributed by atoms with Crippen molar-refractivity contribution in [3.63, 3.8) is 0 Å². The topological polar surface area (TPSA) is 177 Å². The minimum Gasteiger partial charge on any atom is -0.461 e. The fraction of sp³-hybridized carbons (Fsp3) is 0.537. The molecule has 360 valence electrons. The van der Waals surface area contributed by atoms with Gasteiger partial charge in [0.05, 0.1) is 17.9 Å². The Morgan fingerprint density at radius 3 is 1.52 bits per heavy atom. The Bertz CT molecular complexity index is 2390. The molecule has 3 aliphatic rings. The molecule has 0 bridgehead atoms. The molecule has 13 nitrogen and oxygen atoms in total. The predicted molar refractivity (Wildman–Crippen MR) is 264 cm³/mol. The molecule has 2 heterocycles. The van der Waals surface area contributed by atoms with Gasteiger partial charge in [-0.3, -0.25) is 14.4 Å². The molecule has 1 aliphatic carbocycles. The van der Waals surface area contributed by atoms with E-state index in [1.54, 1.807) is 0 Å². The van der Waals surface area contributed by atoms with Crippen LogP contribution < -0.4 is 21.3 Å². The van der Waals surface area contributed by atoms with E-state index in [-0.39, 0.29) is 50.6 Å². The first-order valence-corrected chi connectivity index (χ1v) is 24.8. The van der Waals surface area contributed by atoms with Crippen LogP contribution in [0.4, 0.5) is 22.7 Å². The van der Waals surface area contributed by atoms with Gasteiger partial charge in [-0.05, 0) is 65.6 Å². The highest BCUT2D eigenvalue weighted by molar-refractivity contribution is 6.08. The van der Waals surface area contributed by atoms with Crippen molar-refractivity contribution in [2.24, 2.45) is 0 Å². The molecule has 0 radical (unpaired) electrons. The maximum atomic E-state index is 13.1. The second-order valence-corrected chi connectivity index (χ2v) is 18.5. The second-order valence-electron chi connectivity index (χ2n) is 18.5. The van der Waals surface area contributed by atoms with Gasteiger partial charge in [-0.25, -0.2) is 0 Å². The number of benzene rings is 4. The van der Waals surface area contributed by atoms with Crippen LogP contribution in [0.1, 0.15) is 147 Å². The number of unbranched alkanes of at least 4 members (excludes halogenated alkanes) is 8. The van der Waals surface area contributed by atoms with Crippen molar-refractivity contribution in [1.82, 2.24) is 0 Å². The first kappa shape index (κ1) is 49.2. The number of hydrogen-bond donors (Lipinski definition) is 6. The zero-order valence-corrected chi connectivity index (χ0v) is 39.8. The molecular formula is C54H70N4O9. The standard InChI is InChI=1S/C54H70N4O9/c1-5-9-13-23-42(59)65-33-53(30-32-64-31-16-12-8-4)55-40-21-17-19-36-26-28-38(49(57-53)45(36)40)47-51(62)48(52(47)63)39-29-27-37-20-18-22-41-46(37)50(39)58-54(56-41,34-66-43(60)24-14-10-6-2)35-67-44(61)25-15-11-7-3/h17-22,26-29,47-48,51-52,55-58,62-63H,5-16,23-25,31,33-35H2,1-4H3. The third-order valence-corrected chi connectivity index (χ3v) is 13.3. The van der Waals surface area contributed by atoms with Gasteiger partial charge in [-0.15, -0.1) is 0 Å². The van der Waals surface area contributed by atoms with Crippen molar-refractivity contribution in [3.8, 4) is 12.0 Å². The van der Waals surface area contributed by atoms with Crippen LogP contribution >= 0.6 is 0 Å². The number of nitrogens with one attached hydrogen (secondary N) is 4. The Morgan fingerprint density at radius 1 is 0.552 bits per heavy atom. The van der Waals surface area contributed by atoms with E-state index in [1.165, 1.54) is 0 Å². The van der Waals surface area contributed by atoms with Gasteiger partial charge >= 0.3 is 17.9 Å². The molecule has 0 spiro atoms. The van der Waals surface area contributed by atoms with E-state index >= 15 is 0 Å². The van der Waals surface area contributed by atoms with E-state index in [0.29, 0.717) is 48.4 Å². The lowest BCUT2D eigenvalue weighted by Gasteiger charge is -2.50. The summed E-state index contributed by atoms with van der Waals surface area (Å²) in [6.07, 6.45) is 12.3. The number of esters is 3. The number of ether oxygens (including phenoxy) is 4. The van der Waals surface area contributed by atoms with Crippen LogP contribution in [0.5, 0.6) is 0 Å². The molecule has 4 aromatic carbocycles. The van der Waals surface area contributed by atoms with Crippen LogP contribution in [-0.2, 0) is 33.3 Å². The van der Waals surface area contributed by atoms with Gasteiger partial charge in [0.2, 0.25) is 5.66 Å². The summed E-state index contributed by atoms with van der Waals surface area (Å²) in [6.45, 7) is 8.41. The van der Waals surface area contributed by atoms with E-state index in [4.69, 9.17) is 18.9 Å². The fourth-order valence-corrected chi connectivity index (χ4v) is 9.59. The summed E-state index contributed by atoms with van der Waals surface area (Å²) < 4.78 is 23.5. The third-order valence-electron chi connectivity index (χ3n) is 13.3. The van der Waals surface area contributed by atoms with Crippen LogP contribution in [0.2, 0.25) is 0 Å². The Labute approximate surface area is 395 Å². The van der Waals surface area contributed by atoms with Crippen molar-refractivity contribution in [2.75, 3.05) is 47.7 Å². The summed E-state index contributed by atoms with van der Waals surface area (Å²) in [4.78, 5) is 39.1. The Morgan fingerprint density at radius 2 is 1.01 bits per heavy atom. The first-order chi connectivity index (χ1) is 32.6. The molecule has 3 unspecified atom stereocenters. The molecule has 67 heavy (non-hydrogen) atoms. The minimum absolute atomic E-state index is 0.127. The summed E-state index contributed by atoms with van der Waals surface area (Å²) in [5, 5.41) is 42.7. The molecule has 1 saturated carbocycles. The average Bonchev–Trinajstić information content (AvgIpc) is 3.33. The average molecular weight is 919 g/mol. The molecule has 7 rings (SSSR count). The second kappa shape index (κ2) is 22.9. The Kier molecular flexibility index (Phi) is 16.8. The smallest absolute Gasteiger partial charge is 0.305 e. The summed E-state index contributed by atoms with van der Waals surface area (Å²) in [5.41, 5.74) is 1.62. The van der Waals surface area contributed by atoms with Gasteiger partial charge in [-0.1, -0.05) is 128 Å². The SMILES string of the molecule is CCCCCOC#CC1(COC(=O)CCCCC)Nc2cccc3ccc(C4C(O)C(c5ccc6cccc7c6c5NC(COC(=O)CCCCC)(COC(=O)CCCCC)N7)C4O)c(c23)N1. The zero-order valence-electron chi connectivity index (χ0n) is 39.8. The zero-order chi connectivity index (χ0) is 47.4. The molecule has 0 amide bonds. The number of aliphatic hydroxyl groups is 2. The minimum atomic E-state index is -1.29. The lowest BCUT2D eigenvalue weighted by molar-refractivity contribution is -0.149. The maximum absolute atomic E-state index is 13.1. The van der Waals surface area contributed by atoms with Crippen molar-refractivity contribution in [2.45, 2.75) is 159 Å². The van der Waals surface area contributed by atoms with E-state index in [2.05, 4.69) is 61.0 Å². The maximum Gasteiger partial charge on any atom is 0.305 e. The largest absolute Gasteiger partial charge is 0.461 e. The molecule has 13 heteroatoms. The first-order valence-electron chi connectivity index (χ1n) is 24.8. The third kappa shape index (κ3) is 11.4. The Hall–Kier alpha value is -5.71. The lowest BCUT2D eigenvalue weighted by Crippen LogP contribution is -2.57. The molecule has 6 N–H and O–H groups in total. The molecule has 0 saturated heterocycles. The van der Waals surface area contributed by atoms with Crippen LogP contribution in [0.3, 0.4) is 0 Å². The quantitative estimate of drug-likeness (QED) is 0.0170. The van der Waals surface area contributed by atoms with E-state index < -0.39 is 35.4 Å². The van der Waals surface area contributed by atoms with Gasteiger partial charge in [0.1, 0.15) is 32.5 Å². The highest BCUT2D eigenvalue weighted by atomic mass is 16.6. The molecule has 2 aliphatic heterocycles. The van der Waals surface area contributed by atoms with E-state index in [1.807, 2.05) is 60.7 Å². The molecule has 3 atom stereocenters. The van der Waals surface area contributed by atoms with Crippen LogP contribution in [-0.4, -0.2) is 78.1 Å². The Balaban J connectivity index is 1.21. The van der Waals surface area contributed by atoms with Crippen molar-refractivity contribution >= 4 is 62.2 Å². The highest BCUT2D eigenvalue weighted by Crippen LogP contribution is 2.55. The van der Waals surface area contributed by atoms with E-state index in [0.717, 1.165) is 97.1 Å². The van der Waals surface area contributed by atoms with Crippen molar-refractivity contribution in [1.29, 1.82) is 0 Å². The normalized spacial score (nSPS) is 20.7. The predicted octanol–water partition coefficient (Wildman–Crippen LogP) is 10.2. The number of hydrogen-bond acceptors (Lipinski definition) is 13. The van der Waals surface area contributed by atoms with Crippen molar-refractivity contribution < 1.29 is 43.5 Å². The number of anilines is 4. The summed E-state index contributed by atoms with van der Waals surface area (Å²) >= 11 is 0. The monoisotopic (exact) mass is 919 g/mol. The molecule has 0 aromatic heterocycles. The van der Waals surface area contributed by atoms with Crippen LogP contribution in [0.25, 0.3) is 21.5 Å². The van der Waals surface area contributed by atoms with Crippen LogP contribution in [0.15, 0.2) is 60.7 Å². The number of aliphatic hydroxyl groups excluding tert-OH is 2. The van der Waals surface area contributed by atoms with Crippen LogP contribution in [0, 0.1) is 12.0 Å². The molecule has 1 fully saturated rings. The van der Waals surface area contributed by atoms with Gasteiger partial charge < -0.3 is 50.4 Å². The highest BCUT2D eigenvalue weighted by Gasteiger charge is 2.53. The summed E-state index contributed by atoms with van der Waals surface area (Å²) in [5.74, 6) is 0.737. The number of rotatable bonds is 24. The molecular weight excluding hydrogens is 849 g/mol. The lowest BCUT2D eigenvalue weighted by atomic mass is 9.62. The van der Waals surface area contributed by atoms with Gasteiger partial charge in [-0.2, -0.15) is 0 Å². The summed E-state index contributed by atoms with van der Waals surface area (Å²) in [6, 6.07) is 19.6. The molecule has 4 aromatic rings. The number of carbonyl (C=O) groups excluding carboxylic acids is 3. The van der Waals surface area contributed by atoms with Gasteiger partial charge in [0, 0.05) is 58.9 Å². The van der Waals surface area contributed by atoms with Crippen molar-refractivity contribution in [3.05, 3.63) is 71.8 Å². The number of carbonyl (C=O) groups is 3.